The van der Waals surface area contributed by atoms with Gasteiger partial charge in [-0.25, -0.2) is 0 Å². The molecule has 7 heteroatoms. The van der Waals surface area contributed by atoms with Crippen molar-refractivity contribution in [3.05, 3.63) is 53.1 Å². The van der Waals surface area contributed by atoms with Crippen molar-refractivity contribution in [3.63, 3.8) is 0 Å². The van der Waals surface area contributed by atoms with E-state index < -0.39 is 6.10 Å². The highest BCUT2D eigenvalue weighted by Crippen LogP contribution is 2.33. The second-order valence-corrected chi connectivity index (χ2v) is 7.11. The molecule has 1 atom stereocenters. The lowest BCUT2D eigenvalue weighted by Gasteiger charge is -2.35. The molecule has 0 saturated heterocycles. The van der Waals surface area contributed by atoms with E-state index in [0.717, 1.165) is 17.7 Å². The van der Waals surface area contributed by atoms with Crippen LogP contribution in [-0.2, 0) is 9.59 Å². The van der Waals surface area contributed by atoms with E-state index in [9.17, 15) is 9.59 Å². The standard InChI is InChI=1S/C21H24ClN3O3/c1-3-11-23-21(27)19-12-25(17-9-4-5-10-18(17)28-19)13-20(26)24-16-8-6-7-15(22)14(16)2/h4-10,19H,3,11-13H2,1-2H3,(H,23,27)(H,24,26)/t19-/m0/s1. The van der Waals surface area contributed by atoms with Crippen LogP contribution in [0.15, 0.2) is 42.5 Å². The average Bonchev–Trinajstić information content (AvgIpc) is 2.69. The van der Waals surface area contributed by atoms with Gasteiger partial charge in [0.2, 0.25) is 5.91 Å². The molecule has 6 nitrogen and oxygen atoms in total. The quantitative estimate of drug-likeness (QED) is 0.778. The zero-order chi connectivity index (χ0) is 20.1. The fourth-order valence-corrected chi connectivity index (χ4v) is 3.24. The highest BCUT2D eigenvalue weighted by Gasteiger charge is 2.31. The topological polar surface area (TPSA) is 70.7 Å². The Kier molecular flexibility index (Phi) is 6.41. The highest BCUT2D eigenvalue weighted by atomic mass is 35.5. The molecular formula is C21H24ClN3O3. The summed E-state index contributed by atoms with van der Waals surface area (Å²) in [6.07, 6.45) is 0.183. The number of halogens is 1. The third kappa shape index (κ3) is 4.57. The number of para-hydroxylation sites is 2. The van der Waals surface area contributed by atoms with Crippen LogP contribution >= 0.6 is 11.6 Å². The first-order valence-corrected chi connectivity index (χ1v) is 9.70. The second kappa shape index (κ2) is 8.97. The normalized spacial score (nSPS) is 15.4. The Bertz CT molecular complexity index is 872. The van der Waals surface area contributed by atoms with Crippen molar-refractivity contribution >= 4 is 34.8 Å². The van der Waals surface area contributed by atoms with Crippen molar-refractivity contribution in [1.82, 2.24) is 5.32 Å². The van der Waals surface area contributed by atoms with Gasteiger partial charge in [0.05, 0.1) is 18.8 Å². The van der Waals surface area contributed by atoms with Gasteiger partial charge in [-0.2, -0.15) is 0 Å². The van der Waals surface area contributed by atoms with Crippen LogP contribution in [0.1, 0.15) is 18.9 Å². The van der Waals surface area contributed by atoms with Crippen LogP contribution in [0.25, 0.3) is 0 Å². The van der Waals surface area contributed by atoms with Crippen LogP contribution in [0.4, 0.5) is 11.4 Å². The fourth-order valence-electron chi connectivity index (χ4n) is 3.06. The van der Waals surface area contributed by atoms with Gasteiger partial charge in [0.25, 0.3) is 5.91 Å². The molecule has 0 unspecified atom stereocenters. The molecule has 2 aromatic rings. The molecular weight excluding hydrogens is 378 g/mol. The van der Waals surface area contributed by atoms with Crippen molar-refractivity contribution in [1.29, 1.82) is 0 Å². The van der Waals surface area contributed by atoms with Gasteiger partial charge in [-0.1, -0.05) is 36.7 Å². The molecule has 0 spiro atoms. The molecule has 0 saturated carbocycles. The van der Waals surface area contributed by atoms with Crippen molar-refractivity contribution in [2.75, 3.05) is 29.9 Å². The summed E-state index contributed by atoms with van der Waals surface area (Å²) >= 11 is 6.13. The van der Waals surface area contributed by atoms with E-state index in [2.05, 4.69) is 10.6 Å². The molecule has 0 aromatic heterocycles. The van der Waals surface area contributed by atoms with Gasteiger partial charge in [-0.3, -0.25) is 9.59 Å². The van der Waals surface area contributed by atoms with E-state index in [1.165, 1.54) is 0 Å². The first kappa shape index (κ1) is 20.0. The average molecular weight is 402 g/mol. The maximum atomic E-state index is 12.7. The van der Waals surface area contributed by atoms with E-state index in [0.29, 0.717) is 29.5 Å². The lowest BCUT2D eigenvalue weighted by molar-refractivity contribution is -0.128. The molecule has 3 rings (SSSR count). The molecule has 0 radical (unpaired) electrons. The maximum absolute atomic E-state index is 12.7. The number of fused-ring (bicyclic) bond motifs is 1. The monoisotopic (exact) mass is 401 g/mol. The van der Waals surface area contributed by atoms with Gasteiger partial charge < -0.3 is 20.3 Å². The Hall–Kier alpha value is -2.73. The Morgan fingerprint density at radius 3 is 2.79 bits per heavy atom. The SMILES string of the molecule is CCCNC(=O)[C@@H]1CN(CC(=O)Nc2cccc(Cl)c2C)c2ccccc2O1. The summed E-state index contributed by atoms with van der Waals surface area (Å²) in [7, 11) is 0. The van der Waals surface area contributed by atoms with Crippen LogP contribution < -0.4 is 20.3 Å². The molecule has 2 amide bonds. The Morgan fingerprint density at radius 1 is 1.21 bits per heavy atom. The van der Waals surface area contributed by atoms with E-state index >= 15 is 0 Å². The van der Waals surface area contributed by atoms with Crippen LogP contribution in [0, 0.1) is 6.92 Å². The molecule has 2 N–H and O–H groups in total. The van der Waals surface area contributed by atoms with Gasteiger partial charge in [0.15, 0.2) is 6.10 Å². The van der Waals surface area contributed by atoms with Gasteiger partial charge >= 0.3 is 0 Å². The fraction of sp³-hybridized carbons (Fsp3) is 0.333. The van der Waals surface area contributed by atoms with Crippen LogP contribution in [0.3, 0.4) is 0 Å². The minimum atomic E-state index is -0.665. The zero-order valence-electron chi connectivity index (χ0n) is 16.0. The molecule has 0 bridgehead atoms. The minimum Gasteiger partial charge on any atom is -0.477 e. The number of hydrogen-bond donors (Lipinski definition) is 2. The molecule has 0 aliphatic carbocycles. The van der Waals surface area contributed by atoms with Gasteiger partial charge in [-0.15, -0.1) is 0 Å². The third-order valence-electron chi connectivity index (χ3n) is 4.58. The number of nitrogens with one attached hydrogen (secondary N) is 2. The minimum absolute atomic E-state index is 0.101. The molecule has 2 aromatic carbocycles. The highest BCUT2D eigenvalue weighted by molar-refractivity contribution is 6.31. The zero-order valence-corrected chi connectivity index (χ0v) is 16.8. The number of anilines is 2. The third-order valence-corrected chi connectivity index (χ3v) is 4.99. The number of benzene rings is 2. The Labute approximate surface area is 169 Å². The predicted octanol–water partition coefficient (Wildman–Crippen LogP) is 3.38. The summed E-state index contributed by atoms with van der Waals surface area (Å²) in [4.78, 5) is 26.9. The van der Waals surface area contributed by atoms with E-state index in [4.69, 9.17) is 16.3 Å². The first-order valence-electron chi connectivity index (χ1n) is 9.33. The Morgan fingerprint density at radius 2 is 2.00 bits per heavy atom. The van der Waals surface area contributed by atoms with Gasteiger partial charge in [0, 0.05) is 17.3 Å². The van der Waals surface area contributed by atoms with E-state index in [1.54, 1.807) is 18.2 Å². The van der Waals surface area contributed by atoms with Crippen molar-refractivity contribution < 1.29 is 14.3 Å². The van der Waals surface area contributed by atoms with E-state index in [-0.39, 0.29) is 18.4 Å². The summed E-state index contributed by atoms with van der Waals surface area (Å²) in [6, 6.07) is 12.8. The van der Waals surface area contributed by atoms with Crippen LogP contribution in [0.5, 0.6) is 5.75 Å². The van der Waals surface area contributed by atoms with Gasteiger partial charge in [-0.05, 0) is 43.2 Å². The summed E-state index contributed by atoms with van der Waals surface area (Å²) in [6.45, 7) is 4.84. The van der Waals surface area contributed by atoms with Crippen molar-refractivity contribution in [2.24, 2.45) is 0 Å². The largest absolute Gasteiger partial charge is 0.477 e. The molecule has 1 heterocycles. The second-order valence-electron chi connectivity index (χ2n) is 6.71. The summed E-state index contributed by atoms with van der Waals surface area (Å²) in [5.74, 6) is 0.236. The maximum Gasteiger partial charge on any atom is 0.262 e. The number of carbonyl (C=O) groups excluding carboxylic acids is 2. The summed E-state index contributed by atoms with van der Waals surface area (Å²) in [5.41, 5.74) is 2.29. The van der Waals surface area contributed by atoms with Crippen LogP contribution in [-0.4, -0.2) is 37.6 Å². The van der Waals surface area contributed by atoms with E-state index in [1.807, 2.05) is 43.0 Å². The molecule has 1 aliphatic heterocycles. The first-order chi connectivity index (χ1) is 13.5. The number of ether oxygens (including phenoxy) is 1. The lowest BCUT2D eigenvalue weighted by atomic mass is 10.1. The van der Waals surface area contributed by atoms with Crippen LogP contribution in [0.2, 0.25) is 5.02 Å². The van der Waals surface area contributed by atoms with Gasteiger partial charge in [0.1, 0.15) is 5.75 Å². The summed E-state index contributed by atoms with van der Waals surface area (Å²) in [5, 5.41) is 6.35. The predicted molar refractivity (Wildman–Crippen MR) is 111 cm³/mol. The van der Waals surface area contributed by atoms with Crippen molar-refractivity contribution in [3.8, 4) is 5.75 Å². The smallest absolute Gasteiger partial charge is 0.262 e. The number of carbonyl (C=O) groups is 2. The molecule has 0 fully saturated rings. The van der Waals surface area contributed by atoms with Crippen molar-refractivity contribution in [2.45, 2.75) is 26.4 Å². The lowest BCUT2D eigenvalue weighted by Crippen LogP contribution is -2.50. The molecule has 28 heavy (non-hydrogen) atoms. The Balaban J connectivity index is 1.74. The molecule has 148 valence electrons. The number of hydrogen-bond acceptors (Lipinski definition) is 4. The number of rotatable bonds is 6. The number of nitrogens with zero attached hydrogens (tertiary/aromatic N) is 1. The molecule has 1 aliphatic rings. The summed E-state index contributed by atoms with van der Waals surface area (Å²) < 4.78 is 5.85. The number of amides is 2.